The maximum absolute atomic E-state index is 11.4. The Bertz CT molecular complexity index is 416. The predicted octanol–water partition coefficient (Wildman–Crippen LogP) is 0.989. The normalized spacial score (nSPS) is 11.9. The van der Waals surface area contributed by atoms with Gasteiger partial charge in [0.2, 0.25) is 5.91 Å². The zero-order chi connectivity index (χ0) is 12.8. The molecular formula is C12H16N2O3. The minimum absolute atomic E-state index is 0.0741. The van der Waals surface area contributed by atoms with Gasteiger partial charge in [-0.1, -0.05) is 12.1 Å². The summed E-state index contributed by atoms with van der Waals surface area (Å²) < 4.78 is 0. The Kier molecular flexibility index (Phi) is 4.66. The SMILES string of the molecule is C[C@H](N)C(=O)Nc1cccc(CCC(=O)O)c1. The Morgan fingerprint density at radius 2 is 2.18 bits per heavy atom. The minimum Gasteiger partial charge on any atom is -0.481 e. The predicted molar refractivity (Wildman–Crippen MR) is 64.7 cm³/mol. The van der Waals surface area contributed by atoms with Crippen LogP contribution in [0.5, 0.6) is 0 Å². The number of hydrogen-bond acceptors (Lipinski definition) is 3. The van der Waals surface area contributed by atoms with E-state index in [1.807, 2.05) is 6.07 Å². The highest BCUT2D eigenvalue weighted by Crippen LogP contribution is 2.12. The molecule has 0 radical (unpaired) electrons. The first-order chi connectivity index (χ1) is 7.99. The van der Waals surface area contributed by atoms with E-state index in [4.69, 9.17) is 10.8 Å². The lowest BCUT2D eigenvalue weighted by atomic mass is 10.1. The first kappa shape index (κ1) is 13.2. The molecule has 1 aromatic carbocycles. The highest BCUT2D eigenvalue weighted by atomic mass is 16.4. The number of hydrogen-bond donors (Lipinski definition) is 3. The molecule has 92 valence electrons. The fourth-order valence-corrected chi connectivity index (χ4v) is 1.31. The first-order valence-electron chi connectivity index (χ1n) is 5.36. The van der Waals surface area contributed by atoms with Crippen molar-refractivity contribution in [1.82, 2.24) is 0 Å². The van der Waals surface area contributed by atoms with Crippen LogP contribution in [-0.4, -0.2) is 23.0 Å². The molecule has 0 spiro atoms. The van der Waals surface area contributed by atoms with Crippen LogP contribution >= 0.6 is 0 Å². The van der Waals surface area contributed by atoms with Crippen LogP contribution in [0.1, 0.15) is 18.9 Å². The highest BCUT2D eigenvalue weighted by Gasteiger charge is 2.07. The third-order valence-corrected chi connectivity index (χ3v) is 2.24. The largest absolute Gasteiger partial charge is 0.481 e. The number of carboxylic acid groups (broad SMARTS) is 1. The number of amides is 1. The topological polar surface area (TPSA) is 92.4 Å². The van der Waals surface area contributed by atoms with E-state index in [-0.39, 0.29) is 12.3 Å². The fourth-order valence-electron chi connectivity index (χ4n) is 1.31. The number of carbonyl (C=O) groups is 2. The summed E-state index contributed by atoms with van der Waals surface area (Å²) >= 11 is 0. The highest BCUT2D eigenvalue weighted by molar-refractivity contribution is 5.94. The second kappa shape index (κ2) is 6.00. The van der Waals surface area contributed by atoms with Gasteiger partial charge in [0.1, 0.15) is 0 Å². The number of nitrogens with two attached hydrogens (primary N) is 1. The van der Waals surface area contributed by atoms with Gasteiger partial charge >= 0.3 is 5.97 Å². The zero-order valence-corrected chi connectivity index (χ0v) is 9.64. The molecular weight excluding hydrogens is 220 g/mol. The molecule has 1 amide bonds. The number of nitrogens with one attached hydrogen (secondary N) is 1. The summed E-state index contributed by atoms with van der Waals surface area (Å²) in [6.07, 6.45) is 0.516. The van der Waals surface area contributed by atoms with Crippen LogP contribution in [0.4, 0.5) is 5.69 Å². The molecule has 4 N–H and O–H groups in total. The van der Waals surface area contributed by atoms with Gasteiger partial charge in [0.05, 0.1) is 6.04 Å². The Morgan fingerprint density at radius 1 is 1.47 bits per heavy atom. The monoisotopic (exact) mass is 236 g/mol. The van der Waals surface area contributed by atoms with Gasteiger partial charge in [-0.15, -0.1) is 0 Å². The second-order valence-corrected chi connectivity index (χ2v) is 3.87. The Labute approximate surface area is 99.6 Å². The molecule has 1 rings (SSSR count). The van der Waals surface area contributed by atoms with Gasteiger partial charge in [0, 0.05) is 12.1 Å². The van der Waals surface area contributed by atoms with Gasteiger partial charge in [-0.2, -0.15) is 0 Å². The van der Waals surface area contributed by atoms with Gasteiger partial charge in [-0.25, -0.2) is 0 Å². The molecule has 0 aliphatic rings. The van der Waals surface area contributed by atoms with E-state index in [1.54, 1.807) is 25.1 Å². The Balaban J connectivity index is 2.65. The molecule has 0 fully saturated rings. The molecule has 0 aliphatic heterocycles. The van der Waals surface area contributed by atoms with Gasteiger partial charge in [-0.3, -0.25) is 9.59 Å². The maximum atomic E-state index is 11.4. The van der Waals surface area contributed by atoms with Gasteiger partial charge < -0.3 is 16.2 Å². The van der Waals surface area contributed by atoms with E-state index in [2.05, 4.69) is 5.32 Å². The van der Waals surface area contributed by atoms with Crippen LogP contribution in [0.15, 0.2) is 24.3 Å². The summed E-state index contributed by atoms with van der Waals surface area (Å²) in [5.74, 6) is -1.10. The van der Waals surface area contributed by atoms with Crippen molar-refractivity contribution in [1.29, 1.82) is 0 Å². The van der Waals surface area contributed by atoms with E-state index in [0.717, 1.165) is 5.56 Å². The summed E-state index contributed by atoms with van der Waals surface area (Å²) in [6, 6.07) is 6.52. The van der Waals surface area contributed by atoms with Crippen LogP contribution in [0.25, 0.3) is 0 Å². The summed E-state index contributed by atoms with van der Waals surface area (Å²) in [5.41, 5.74) is 6.94. The Hall–Kier alpha value is -1.88. The van der Waals surface area contributed by atoms with E-state index in [0.29, 0.717) is 12.1 Å². The third kappa shape index (κ3) is 4.65. The summed E-state index contributed by atoms with van der Waals surface area (Å²) in [7, 11) is 0. The molecule has 5 nitrogen and oxygen atoms in total. The average molecular weight is 236 g/mol. The molecule has 5 heteroatoms. The van der Waals surface area contributed by atoms with E-state index in [1.165, 1.54) is 0 Å². The van der Waals surface area contributed by atoms with Gasteiger partial charge in [0.15, 0.2) is 0 Å². The van der Waals surface area contributed by atoms with Crippen molar-refractivity contribution in [2.45, 2.75) is 25.8 Å². The molecule has 17 heavy (non-hydrogen) atoms. The van der Waals surface area contributed by atoms with Crippen molar-refractivity contribution in [3.8, 4) is 0 Å². The van der Waals surface area contributed by atoms with Crippen molar-refractivity contribution in [3.05, 3.63) is 29.8 Å². The lowest BCUT2D eigenvalue weighted by molar-refractivity contribution is -0.137. The lowest BCUT2D eigenvalue weighted by Gasteiger charge is -2.08. The van der Waals surface area contributed by atoms with Crippen LogP contribution in [0.3, 0.4) is 0 Å². The number of aryl methyl sites for hydroxylation is 1. The van der Waals surface area contributed by atoms with E-state index < -0.39 is 12.0 Å². The summed E-state index contributed by atoms with van der Waals surface area (Å²) in [4.78, 5) is 21.8. The maximum Gasteiger partial charge on any atom is 0.303 e. The Morgan fingerprint density at radius 3 is 2.76 bits per heavy atom. The first-order valence-corrected chi connectivity index (χ1v) is 5.36. The number of anilines is 1. The number of carboxylic acids is 1. The summed E-state index contributed by atoms with van der Waals surface area (Å²) in [5, 5.41) is 11.2. The smallest absolute Gasteiger partial charge is 0.303 e. The molecule has 1 aromatic rings. The molecule has 0 bridgehead atoms. The van der Waals surface area contributed by atoms with Crippen molar-refractivity contribution in [3.63, 3.8) is 0 Å². The van der Waals surface area contributed by atoms with Crippen molar-refractivity contribution >= 4 is 17.6 Å². The molecule has 0 unspecified atom stereocenters. The minimum atomic E-state index is -0.838. The molecule has 0 aliphatic carbocycles. The second-order valence-electron chi connectivity index (χ2n) is 3.87. The standard InChI is InChI=1S/C12H16N2O3/c1-8(13)12(17)14-10-4-2-3-9(7-10)5-6-11(15)16/h2-4,7-8H,5-6,13H2,1H3,(H,14,17)(H,15,16)/t8-/m0/s1. The van der Waals surface area contributed by atoms with Crippen molar-refractivity contribution in [2.75, 3.05) is 5.32 Å². The summed E-state index contributed by atoms with van der Waals surface area (Å²) in [6.45, 7) is 1.60. The lowest BCUT2D eigenvalue weighted by Crippen LogP contribution is -2.32. The van der Waals surface area contributed by atoms with Crippen molar-refractivity contribution in [2.24, 2.45) is 5.73 Å². The average Bonchev–Trinajstić information content (AvgIpc) is 2.26. The van der Waals surface area contributed by atoms with E-state index in [9.17, 15) is 9.59 Å². The third-order valence-electron chi connectivity index (χ3n) is 2.24. The van der Waals surface area contributed by atoms with Crippen LogP contribution in [-0.2, 0) is 16.0 Å². The molecule has 0 saturated heterocycles. The van der Waals surface area contributed by atoms with Crippen LogP contribution in [0.2, 0.25) is 0 Å². The molecule has 0 saturated carbocycles. The van der Waals surface area contributed by atoms with Gasteiger partial charge in [-0.05, 0) is 31.0 Å². The van der Waals surface area contributed by atoms with Gasteiger partial charge in [0.25, 0.3) is 0 Å². The fraction of sp³-hybridized carbons (Fsp3) is 0.333. The van der Waals surface area contributed by atoms with Crippen molar-refractivity contribution < 1.29 is 14.7 Å². The molecule has 1 atom stereocenters. The quantitative estimate of drug-likeness (QED) is 0.710. The molecule has 0 aromatic heterocycles. The van der Waals surface area contributed by atoms with Crippen LogP contribution in [0, 0.1) is 0 Å². The molecule has 0 heterocycles. The number of rotatable bonds is 5. The van der Waals surface area contributed by atoms with Crippen LogP contribution < -0.4 is 11.1 Å². The number of aliphatic carboxylic acids is 1. The number of carbonyl (C=O) groups excluding carboxylic acids is 1. The number of benzene rings is 1. The zero-order valence-electron chi connectivity index (χ0n) is 9.64. The van der Waals surface area contributed by atoms with E-state index >= 15 is 0 Å².